The summed E-state index contributed by atoms with van der Waals surface area (Å²) < 4.78 is 0. The minimum atomic E-state index is -1.27. The van der Waals surface area contributed by atoms with E-state index in [4.69, 9.17) is 5.11 Å². The first-order chi connectivity index (χ1) is 8.08. The number of carboxylic acids is 1. The molecule has 0 saturated heterocycles. The molecule has 1 heterocycles. The molecule has 0 unspecified atom stereocenters. The number of urea groups is 1. The number of hydrogen-bond donors (Lipinski definition) is 3. The largest absolute Gasteiger partial charge is 0.478 e. The van der Waals surface area contributed by atoms with Gasteiger partial charge in [-0.2, -0.15) is 0 Å². The Hall–Kier alpha value is -2.70. The second-order valence-corrected chi connectivity index (χ2v) is 2.86. The average molecular weight is 235 g/mol. The summed E-state index contributed by atoms with van der Waals surface area (Å²) in [7, 11) is 0. The van der Waals surface area contributed by atoms with Crippen molar-refractivity contribution in [1.29, 1.82) is 0 Å². The second-order valence-electron chi connectivity index (χ2n) is 2.86. The van der Waals surface area contributed by atoms with E-state index in [1.54, 1.807) is 12.1 Å². The number of carbonyl (C=O) groups is 3. The van der Waals surface area contributed by atoms with Crippen LogP contribution in [0.15, 0.2) is 36.7 Å². The van der Waals surface area contributed by atoms with Crippen LogP contribution in [0.4, 0.5) is 10.5 Å². The number of rotatable bonds is 3. The van der Waals surface area contributed by atoms with Crippen LogP contribution in [-0.4, -0.2) is 28.0 Å². The molecule has 0 aliphatic carbocycles. The Morgan fingerprint density at radius 2 is 2.06 bits per heavy atom. The number of amides is 3. The maximum Gasteiger partial charge on any atom is 0.328 e. The van der Waals surface area contributed by atoms with Crippen molar-refractivity contribution in [2.24, 2.45) is 0 Å². The van der Waals surface area contributed by atoms with E-state index in [-0.39, 0.29) is 0 Å². The molecule has 0 atom stereocenters. The number of hydrogen-bond acceptors (Lipinski definition) is 4. The molecule has 0 spiro atoms. The highest BCUT2D eigenvalue weighted by molar-refractivity contribution is 6.06. The van der Waals surface area contributed by atoms with E-state index in [0.29, 0.717) is 11.8 Å². The van der Waals surface area contributed by atoms with E-state index in [2.05, 4.69) is 10.3 Å². The van der Waals surface area contributed by atoms with Crippen LogP contribution in [0, 0.1) is 0 Å². The molecule has 3 N–H and O–H groups in total. The third-order valence-electron chi connectivity index (χ3n) is 1.53. The Labute approximate surface area is 96.2 Å². The topological polar surface area (TPSA) is 108 Å². The highest BCUT2D eigenvalue weighted by Crippen LogP contribution is 2.01. The highest BCUT2D eigenvalue weighted by atomic mass is 16.4. The van der Waals surface area contributed by atoms with E-state index >= 15 is 0 Å². The van der Waals surface area contributed by atoms with Crippen molar-refractivity contribution in [3.63, 3.8) is 0 Å². The van der Waals surface area contributed by atoms with Gasteiger partial charge in [0, 0.05) is 18.3 Å². The molecule has 0 saturated carbocycles. The zero-order valence-corrected chi connectivity index (χ0v) is 8.58. The van der Waals surface area contributed by atoms with E-state index in [1.807, 2.05) is 5.32 Å². The van der Waals surface area contributed by atoms with Gasteiger partial charge in [-0.05, 0) is 12.1 Å². The lowest BCUT2D eigenvalue weighted by molar-refractivity contribution is -0.131. The Bertz CT molecular complexity index is 456. The Morgan fingerprint density at radius 1 is 1.29 bits per heavy atom. The summed E-state index contributed by atoms with van der Waals surface area (Å²) in [5.41, 5.74) is 0.417. The van der Waals surface area contributed by atoms with Crippen molar-refractivity contribution in [3.05, 3.63) is 36.7 Å². The van der Waals surface area contributed by atoms with Crippen LogP contribution < -0.4 is 10.6 Å². The van der Waals surface area contributed by atoms with Gasteiger partial charge >= 0.3 is 12.0 Å². The summed E-state index contributed by atoms with van der Waals surface area (Å²) in [5, 5.41) is 12.5. The summed E-state index contributed by atoms with van der Waals surface area (Å²) in [6.07, 6.45) is 4.30. The molecule has 0 aliphatic rings. The number of aliphatic carboxylic acids is 1. The molecular weight excluding hydrogens is 226 g/mol. The van der Waals surface area contributed by atoms with E-state index < -0.39 is 17.9 Å². The van der Waals surface area contributed by atoms with Crippen LogP contribution in [0.25, 0.3) is 0 Å². The molecule has 17 heavy (non-hydrogen) atoms. The Morgan fingerprint density at radius 3 is 2.65 bits per heavy atom. The number of pyridine rings is 1. The van der Waals surface area contributed by atoms with Gasteiger partial charge in [-0.15, -0.1) is 0 Å². The Kier molecular flexibility index (Phi) is 4.37. The van der Waals surface area contributed by atoms with Crippen LogP contribution in [0.1, 0.15) is 0 Å². The molecule has 88 valence electrons. The molecule has 0 aliphatic heterocycles. The van der Waals surface area contributed by atoms with Crippen LogP contribution in [0.5, 0.6) is 0 Å². The average Bonchev–Trinajstić information content (AvgIpc) is 2.27. The lowest BCUT2D eigenvalue weighted by Crippen LogP contribution is -2.33. The van der Waals surface area contributed by atoms with Gasteiger partial charge in [-0.1, -0.05) is 0 Å². The van der Waals surface area contributed by atoms with E-state index in [9.17, 15) is 14.4 Å². The van der Waals surface area contributed by atoms with Gasteiger partial charge in [0.05, 0.1) is 11.9 Å². The normalized spacial score (nSPS) is 9.88. The van der Waals surface area contributed by atoms with Crippen molar-refractivity contribution in [2.75, 3.05) is 5.32 Å². The number of carbonyl (C=O) groups excluding carboxylic acids is 2. The molecule has 7 heteroatoms. The molecule has 1 aromatic rings. The lowest BCUT2D eigenvalue weighted by Gasteiger charge is -2.03. The lowest BCUT2D eigenvalue weighted by atomic mass is 10.4. The summed E-state index contributed by atoms with van der Waals surface area (Å²) >= 11 is 0. The van der Waals surface area contributed by atoms with Crippen molar-refractivity contribution >= 4 is 23.6 Å². The van der Waals surface area contributed by atoms with Gasteiger partial charge in [0.1, 0.15) is 0 Å². The number of nitrogens with zero attached hydrogens (tertiary/aromatic N) is 1. The first-order valence-electron chi connectivity index (χ1n) is 4.51. The van der Waals surface area contributed by atoms with Crippen molar-refractivity contribution in [3.8, 4) is 0 Å². The second kappa shape index (κ2) is 6.01. The van der Waals surface area contributed by atoms with Crippen molar-refractivity contribution in [1.82, 2.24) is 10.3 Å². The third kappa shape index (κ3) is 5.07. The summed E-state index contributed by atoms with van der Waals surface area (Å²) in [4.78, 5) is 36.1. The summed E-state index contributed by atoms with van der Waals surface area (Å²) in [6, 6.07) is 2.43. The SMILES string of the molecule is O=C(O)/C=C/C(=O)NC(=O)Nc1cccnc1. The maximum absolute atomic E-state index is 11.2. The van der Waals surface area contributed by atoms with Gasteiger partial charge in [0.15, 0.2) is 0 Å². The first-order valence-corrected chi connectivity index (χ1v) is 4.51. The Balaban J connectivity index is 2.45. The predicted octanol–water partition coefficient (Wildman–Crippen LogP) is 0.370. The third-order valence-corrected chi connectivity index (χ3v) is 1.53. The van der Waals surface area contributed by atoms with Crippen molar-refractivity contribution in [2.45, 2.75) is 0 Å². The maximum atomic E-state index is 11.2. The standard InChI is InChI=1S/C10H9N3O4/c14-8(3-4-9(15)16)13-10(17)12-7-2-1-5-11-6-7/h1-6H,(H,15,16)(H2,12,13,14,17)/b4-3+. The molecule has 0 aromatic carbocycles. The van der Waals surface area contributed by atoms with Crippen LogP contribution >= 0.6 is 0 Å². The number of anilines is 1. The molecule has 3 amide bonds. The summed E-state index contributed by atoms with van der Waals surface area (Å²) in [6.45, 7) is 0. The number of imide groups is 1. The van der Waals surface area contributed by atoms with Gasteiger partial charge in [-0.25, -0.2) is 9.59 Å². The monoisotopic (exact) mass is 235 g/mol. The summed E-state index contributed by atoms with van der Waals surface area (Å²) in [5.74, 6) is -2.10. The van der Waals surface area contributed by atoms with Gasteiger partial charge < -0.3 is 10.4 Å². The molecule has 0 fully saturated rings. The molecule has 1 rings (SSSR count). The predicted molar refractivity (Wildman–Crippen MR) is 58.2 cm³/mol. The van der Waals surface area contributed by atoms with Crippen molar-refractivity contribution < 1.29 is 19.5 Å². The van der Waals surface area contributed by atoms with Crippen LogP contribution in [0.3, 0.4) is 0 Å². The molecule has 7 nitrogen and oxygen atoms in total. The molecule has 0 radical (unpaired) electrons. The minimum absolute atomic E-state index is 0.417. The van der Waals surface area contributed by atoms with Crippen LogP contribution in [0.2, 0.25) is 0 Å². The fourth-order valence-electron chi connectivity index (χ4n) is 0.900. The quantitative estimate of drug-likeness (QED) is 0.656. The number of aromatic nitrogens is 1. The van der Waals surface area contributed by atoms with E-state index in [1.165, 1.54) is 12.4 Å². The zero-order valence-electron chi connectivity index (χ0n) is 8.58. The van der Waals surface area contributed by atoms with Crippen LogP contribution in [-0.2, 0) is 9.59 Å². The smallest absolute Gasteiger partial charge is 0.328 e. The molecule has 1 aromatic heterocycles. The van der Waals surface area contributed by atoms with Gasteiger partial charge in [0.25, 0.3) is 5.91 Å². The van der Waals surface area contributed by atoms with Gasteiger partial charge in [-0.3, -0.25) is 15.1 Å². The minimum Gasteiger partial charge on any atom is -0.478 e. The molecule has 0 bridgehead atoms. The number of carboxylic acid groups (broad SMARTS) is 1. The van der Waals surface area contributed by atoms with E-state index in [0.717, 1.165) is 6.08 Å². The molecular formula is C10H9N3O4. The first kappa shape index (κ1) is 12.4. The fraction of sp³-hybridized carbons (Fsp3) is 0. The van der Waals surface area contributed by atoms with Gasteiger partial charge in [0.2, 0.25) is 0 Å². The number of nitrogens with one attached hydrogen (secondary N) is 2. The highest BCUT2D eigenvalue weighted by Gasteiger charge is 2.05. The fourth-order valence-corrected chi connectivity index (χ4v) is 0.900. The zero-order chi connectivity index (χ0) is 12.7.